The molecule has 0 amide bonds. The summed E-state index contributed by atoms with van der Waals surface area (Å²) in [5, 5.41) is 16.9. The van der Waals surface area contributed by atoms with E-state index in [4.69, 9.17) is 31.3 Å². The van der Waals surface area contributed by atoms with Crippen molar-refractivity contribution in [1.82, 2.24) is 0 Å². The maximum absolute atomic E-state index is 10.3. The molecule has 0 unspecified atom stereocenters. The Morgan fingerprint density at radius 1 is 1.06 bits per heavy atom. The maximum Gasteiger partial charge on any atom is 0.341 e. The lowest BCUT2D eigenvalue weighted by atomic mass is 10.3. The van der Waals surface area contributed by atoms with Gasteiger partial charge in [-0.2, -0.15) is 0 Å². The molecule has 7 heteroatoms. The largest absolute Gasteiger partial charge is 0.480 e. The number of carbonyl (C=O) groups is 2. The summed E-state index contributed by atoms with van der Waals surface area (Å²) in [6.07, 6.45) is 0. The summed E-state index contributed by atoms with van der Waals surface area (Å²) < 4.78 is 9.77. The summed E-state index contributed by atoms with van der Waals surface area (Å²) >= 11 is 5.84. The molecule has 0 aliphatic heterocycles. The first-order chi connectivity index (χ1) is 8.00. The summed E-state index contributed by atoms with van der Waals surface area (Å²) in [5.41, 5.74) is 0. The van der Waals surface area contributed by atoms with Crippen molar-refractivity contribution >= 4 is 23.5 Å². The fourth-order valence-electron chi connectivity index (χ4n) is 0.993. The number of hydrogen-bond donors (Lipinski definition) is 2. The van der Waals surface area contributed by atoms with Crippen LogP contribution in [0.2, 0.25) is 5.02 Å². The van der Waals surface area contributed by atoms with Gasteiger partial charge in [-0.1, -0.05) is 17.7 Å². The van der Waals surface area contributed by atoms with E-state index in [2.05, 4.69) is 0 Å². The minimum Gasteiger partial charge on any atom is -0.480 e. The monoisotopic (exact) mass is 260 g/mol. The number of rotatable bonds is 6. The maximum atomic E-state index is 10.3. The van der Waals surface area contributed by atoms with Gasteiger partial charge in [-0.25, -0.2) is 9.59 Å². The molecule has 0 fully saturated rings. The molecule has 2 N–H and O–H groups in total. The normalized spacial score (nSPS) is 9.71. The molecule has 0 heterocycles. The lowest BCUT2D eigenvalue weighted by Crippen LogP contribution is -2.11. The second-order valence-electron chi connectivity index (χ2n) is 2.93. The highest BCUT2D eigenvalue weighted by Gasteiger charge is 2.10. The molecule has 0 aliphatic rings. The third kappa shape index (κ3) is 4.20. The van der Waals surface area contributed by atoms with E-state index >= 15 is 0 Å². The van der Waals surface area contributed by atoms with Crippen LogP contribution in [-0.4, -0.2) is 35.4 Å². The van der Waals surface area contributed by atoms with Gasteiger partial charge in [0, 0.05) is 0 Å². The lowest BCUT2D eigenvalue weighted by molar-refractivity contribution is -0.140. The fraction of sp³-hybridized carbons (Fsp3) is 0.200. The summed E-state index contributed by atoms with van der Waals surface area (Å²) in [4.78, 5) is 20.6. The Balaban J connectivity index is 2.76. The first-order valence-electron chi connectivity index (χ1n) is 4.48. The Hall–Kier alpha value is -1.95. The van der Waals surface area contributed by atoms with Crippen LogP contribution in [-0.2, 0) is 9.59 Å². The smallest absolute Gasteiger partial charge is 0.341 e. The molecule has 0 spiro atoms. The van der Waals surface area contributed by atoms with E-state index in [0.29, 0.717) is 0 Å². The first kappa shape index (κ1) is 13.1. The van der Waals surface area contributed by atoms with Gasteiger partial charge in [0.2, 0.25) is 0 Å². The van der Waals surface area contributed by atoms with Crippen LogP contribution in [0.5, 0.6) is 11.5 Å². The van der Waals surface area contributed by atoms with Crippen LogP contribution in [0, 0.1) is 0 Å². The second kappa shape index (κ2) is 5.95. The van der Waals surface area contributed by atoms with Crippen molar-refractivity contribution in [2.75, 3.05) is 13.2 Å². The van der Waals surface area contributed by atoms with Gasteiger partial charge in [0.15, 0.2) is 13.2 Å². The summed E-state index contributed by atoms with van der Waals surface area (Å²) in [7, 11) is 0. The molecule has 0 saturated heterocycles. The highest BCUT2D eigenvalue weighted by molar-refractivity contribution is 6.33. The Bertz CT molecular complexity index is 395. The van der Waals surface area contributed by atoms with E-state index in [1.54, 1.807) is 0 Å². The van der Waals surface area contributed by atoms with E-state index in [0.717, 1.165) is 0 Å². The van der Waals surface area contributed by atoms with Crippen LogP contribution in [0.15, 0.2) is 18.2 Å². The van der Waals surface area contributed by atoms with E-state index in [-0.39, 0.29) is 16.5 Å². The summed E-state index contributed by atoms with van der Waals surface area (Å²) in [5.74, 6) is -2.04. The van der Waals surface area contributed by atoms with Gasteiger partial charge in [0.1, 0.15) is 16.5 Å². The number of carboxylic acid groups (broad SMARTS) is 2. The number of benzene rings is 1. The Morgan fingerprint density at radius 3 is 1.82 bits per heavy atom. The predicted molar refractivity (Wildman–Crippen MR) is 57.7 cm³/mol. The number of hydrogen-bond acceptors (Lipinski definition) is 4. The van der Waals surface area contributed by atoms with Crippen LogP contribution < -0.4 is 9.47 Å². The third-order valence-corrected chi connectivity index (χ3v) is 2.00. The molecule has 6 nitrogen and oxygen atoms in total. The van der Waals surface area contributed by atoms with Gasteiger partial charge in [0.25, 0.3) is 0 Å². The second-order valence-corrected chi connectivity index (χ2v) is 3.31. The lowest BCUT2D eigenvalue weighted by Gasteiger charge is -2.09. The minimum atomic E-state index is -1.14. The molecule has 0 aromatic heterocycles. The Labute approximate surface area is 101 Å². The Kier molecular flexibility index (Phi) is 4.59. The van der Waals surface area contributed by atoms with Crippen LogP contribution in [0.25, 0.3) is 0 Å². The molecule has 1 aromatic carbocycles. The highest BCUT2D eigenvalue weighted by Crippen LogP contribution is 2.33. The molecule has 92 valence electrons. The number of aliphatic carboxylic acids is 2. The van der Waals surface area contributed by atoms with Crippen molar-refractivity contribution in [3.05, 3.63) is 23.2 Å². The standard InChI is InChI=1S/C10H9ClO6/c11-10-6(16-4-8(12)13)2-1-3-7(10)17-5-9(14)15/h1-3H,4-5H2,(H,12,13)(H,14,15). The Morgan fingerprint density at radius 2 is 1.47 bits per heavy atom. The van der Waals surface area contributed by atoms with Gasteiger partial charge in [-0.05, 0) is 12.1 Å². The molecule has 0 bridgehead atoms. The van der Waals surface area contributed by atoms with Gasteiger partial charge in [-0.3, -0.25) is 0 Å². The van der Waals surface area contributed by atoms with Crippen LogP contribution >= 0.6 is 11.6 Å². The first-order valence-corrected chi connectivity index (χ1v) is 4.86. The topological polar surface area (TPSA) is 93.1 Å². The van der Waals surface area contributed by atoms with Crippen molar-refractivity contribution in [1.29, 1.82) is 0 Å². The number of ether oxygens (including phenoxy) is 2. The van der Waals surface area contributed by atoms with E-state index < -0.39 is 25.2 Å². The van der Waals surface area contributed by atoms with Gasteiger partial charge in [-0.15, -0.1) is 0 Å². The zero-order valence-corrected chi connectivity index (χ0v) is 9.31. The van der Waals surface area contributed by atoms with Crippen molar-refractivity contribution < 1.29 is 29.3 Å². The predicted octanol–water partition coefficient (Wildman–Crippen LogP) is 1.27. The average molecular weight is 261 g/mol. The zero-order chi connectivity index (χ0) is 12.8. The SMILES string of the molecule is O=C(O)COc1cccc(OCC(=O)O)c1Cl. The third-order valence-electron chi connectivity index (χ3n) is 1.63. The van der Waals surface area contributed by atoms with Gasteiger partial charge >= 0.3 is 11.9 Å². The number of carboxylic acids is 2. The summed E-state index contributed by atoms with van der Waals surface area (Å²) in [6.45, 7) is -1.08. The van der Waals surface area contributed by atoms with Crippen molar-refractivity contribution in [2.24, 2.45) is 0 Å². The van der Waals surface area contributed by atoms with E-state index in [1.807, 2.05) is 0 Å². The average Bonchev–Trinajstić information content (AvgIpc) is 2.25. The summed E-state index contributed by atoms with van der Waals surface area (Å²) in [6, 6.07) is 4.43. The zero-order valence-electron chi connectivity index (χ0n) is 8.55. The molecular weight excluding hydrogens is 252 g/mol. The number of halogens is 1. The minimum absolute atomic E-state index is 0.0370. The molecule has 0 radical (unpaired) electrons. The van der Waals surface area contributed by atoms with Crippen molar-refractivity contribution in [2.45, 2.75) is 0 Å². The highest BCUT2D eigenvalue weighted by atomic mass is 35.5. The van der Waals surface area contributed by atoms with Crippen LogP contribution in [0.3, 0.4) is 0 Å². The van der Waals surface area contributed by atoms with E-state index in [9.17, 15) is 9.59 Å². The molecule has 1 aromatic rings. The van der Waals surface area contributed by atoms with Crippen molar-refractivity contribution in [3.8, 4) is 11.5 Å². The van der Waals surface area contributed by atoms with Gasteiger partial charge < -0.3 is 19.7 Å². The quantitative estimate of drug-likeness (QED) is 0.800. The molecule has 17 heavy (non-hydrogen) atoms. The van der Waals surface area contributed by atoms with Crippen molar-refractivity contribution in [3.63, 3.8) is 0 Å². The molecule has 0 saturated carbocycles. The van der Waals surface area contributed by atoms with Gasteiger partial charge in [0.05, 0.1) is 0 Å². The fourth-order valence-corrected chi connectivity index (χ4v) is 1.23. The molecule has 1 rings (SSSR count). The van der Waals surface area contributed by atoms with Crippen LogP contribution in [0.4, 0.5) is 0 Å². The molecule has 0 atom stereocenters. The van der Waals surface area contributed by atoms with Crippen LogP contribution in [0.1, 0.15) is 0 Å². The molecular formula is C10H9ClO6. The van der Waals surface area contributed by atoms with E-state index in [1.165, 1.54) is 18.2 Å². The molecule has 0 aliphatic carbocycles.